The minimum atomic E-state index is -1.52. The van der Waals surface area contributed by atoms with Crippen molar-refractivity contribution in [1.82, 2.24) is 0 Å². The first-order valence-electron chi connectivity index (χ1n) is 29.4. The summed E-state index contributed by atoms with van der Waals surface area (Å²) < 4.78 is 22.9. The van der Waals surface area contributed by atoms with Crippen LogP contribution in [0, 0.1) is 0 Å². The van der Waals surface area contributed by atoms with Crippen LogP contribution in [0.3, 0.4) is 0 Å². The van der Waals surface area contributed by atoms with Crippen LogP contribution in [0.1, 0.15) is 232 Å². The summed E-state index contributed by atoms with van der Waals surface area (Å²) in [5, 5.41) is 9.70. The number of rotatable bonds is 53. The molecule has 73 heavy (non-hydrogen) atoms. The van der Waals surface area contributed by atoms with Gasteiger partial charge < -0.3 is 28.5 Å². The Morgan fingerprint density at radius 2 is 0.781 bits per heavy atom. The SMILES string of the molecule is CC/C=C\C/C=C\C/C=C\C/C=C\C/C=C\C/C=C\C/C=C\CCCCCCCCCC(=O)OC(COC(=O)CCCCCCCCCCC/C=C\CCCCCCCC)COC(OCC[N+](C)(C)C)C(=O)O. The minimum Gasteiger partial charge on any atom is -0.477 e. The van der Waals surface area contributed by atoms with E-state index in [0.29, 0.717) is 23.9 Å². The van der Waals surface area contributed by atoms with Crippen molar-refractivity contribution in [2.75, 3.05) is 47.5 Å². The van der Waals surface area contributed by atoms with Gasteiger partial charge in [-0.25, -0.2) is 4.79 Å². The van der Waals surface area contributed by atoms with E-state index in [-0.39, 0.29) is 32.2 Å². The van der Waals surface area contributed by atoms with Crippen molar-refractivity contribution >= 4 is 17.9 Å². The average Bonchev–Trinajstić information content (AvgIpc) is 3.36. The van der Waals surface area contributed by atoms with E-state index < -0.39 is 24.3 Å². The maximum absolute atomic E-state index is 12.9. The van der Waals surface area contributed by atoms with Crippen molar-refractivity contribution in [3.8, 4) is 0 Å². The molecular formula is C64H110NO8+. The molecule has 0 aromatic carbocycles. The van der Waals surface area contributed by atoms with Gasteiger partial charge in [-0.3, -0.25) is 9.59 Å². The molecule has 1 N–H and O–H groups in total. The normalized spacial score (nSPS) is 13.5. The monoisotopic (exact) mass is 1020 g/mol. The Morgan fingerprint density at radius 3 is 1.18 bits per heavy atom. The molecule has 0 aliphatic rings. The van der Waals surface area contributed by atoms with E-state index in [0.717, 1.165) is 89.9 Å². The zero-order chi connectivity index (χ0) is 53.4. The minimum absolute atomic E-state index is 0.180. The van der Waals surface area contributed by atoms with Crippen molar-refractivity contribution < 1.29 is 42.9 Å². The smallest absolute Gasteiger partial charge is 0.361 e. The Hall–Kier alpha value is -3.79. The number of nitrogens with zero attached hydrogens (tertiary/aromatic N) is 1. The predicted octanol–water partition coefficient (Wildman–Crippen LogP) is 17.3. The van der Waals surface area contributed by atoms with E-state index in [1.807, 2.05) is 21.1 Å². The summed E-state index contributed by atoms with van der Waals surface area (Å²) in [5.41, 5.74) is 0. The molecule has 0 fully saturated rings. The first-order valence-corrected chi connectivity index (χ1v) is 29.4. The fourth-order valence-corrected chi connectivity index (χ4v) is 7.81. The number of quaternary nitrogens is 1. The van der Waals surface area contributed by atoms with Crippen molar-refractivity contribution in [1.29, 1.82) is 0 Å². The van der Waals surface area contributed by atoms with Gasteiger partial charge in [0.15, 0.2) is 6.10 Å². The number of carbonyl (C=O) groups is 3. The molecular weight excluding hydrogens is 911 g/mol. The predicted molar refractivity (Wildman–Crippen MR) is 309 cm³/mol. The van der Waals surface area contributed by atoms with Crippen LogP contribution in [-0.4, -0.2) is 87.4 Å². The van der Waals surface area contributed by atoms with Gasteiger partial charge in [0.2, 0.25) is 0 Å². The number of carboxylic acids is 1. The molecule has 2 atom stereocenters. The molecule has 0 saturated carbocycles. The number of carbonyl (C=O) groups excluding carboxylic acids is 2. The Bertz CT molecular complexity index is 1520. The van der Waals surface area contributed by atoms with Crippen LogP contribution in [-0.2, 0) is 33.3 Å². The Kier molecular flexibility index (Phi) is 51.6. The molecule has 9 nitrogen and oxygen atoms in total. The molecule has 0 aliphatic heterocycles. The van der Waals surface area contributed by atoms with Gasteiger partial charge in [-0.1, -0.05) is 220 Å². The van der Waals surface area contributed by atoms with Crippen LogP contribution >= 0.6 is 0 Å². The summed E-state index contributed by atoms with van der Waals surface area (Å²) in [7, 11) is 5.96. The van der Waals surface area contributed by atoms with E-state index in [4.69, 9.17) is 18.9 Å². The van der Waals surface area contributed by atoms with Crippen molar-refractivity contribution in [2.45, 2.75) is 245 Å². The van der Waals surface area contributed by atoms with Gasteiger partial charge in [-0.05, 0) is 96.3 Å². The van der Waals surface area contributed by atoms with Crippen LogP contribution < -0.4 is 0 Å². The molecule has 418 valence electrons. The topological polar surface area (TPSA) is 108 Å². The summed E-state index contributed by atoms with van der Waals surface area (Å²) in [6, 6.07) is 0. The van der Waals surface area contributed by atoms with E-state index in [9.17, 15) is 19.5 Å². The highest BCUT2D eigenvalue weighted by molar-refractivity contribution is 5.71. The first kappa shape index (κ1) is 69.2. The molecule has 2 unspecified atom stereocenters. The highest BCUT2D eigenvalue weighted by atomic mass is 16.7. The number of ether oxygens (including phenoxy) is 4. The number of esters is 2. The molecule has 0 bridgehead atoms. The van der Waals surface area contributed by atoms with Gasteiger partial charge in [0.25, 0.3) is 6.29 Å². The molecule has 0 aromatic rings. The van der Waals surface area contributed by atoms with E-state index in [1.54, 1.807) is 0 Å². The van der Waals surface area contributed by atoms with Crippen molar-refractivity contribution in [3.05, 3.63) is 97.2 Å². The third kappa shape index (κ3) is 55.8. The first-order chi connectivity index (χ1) is 35.6. The Labute approximate surface area is 448 Å². The Balaban J connectivity index is 4.29. The standard InChI is InChI=1S/C64H109NO8/c1-6-8-10-12-14-16-18-20-22-24-26-27-28-29-30-31-32-33-34-35-37-39-41-43-45-47-49-51-53-55-62(67)73-60(59-72-64(63(68)69)70-57-56-65(3,4)5)58-71-61(66)54-52-50-48-46-44-42-40-38-36-25-23-21-19-17-15-13-11-9-7-2/h8,10,14,16,20-23,26-27,29-30,32-33,35,37,60,64H,6-7,9,11-13,15,17-19,24-25,28,31,34,36,38-59H2,1-5H3/p+1/b10-8-,16-14-,22-20-,23-21-,27-26-,30-29-,33-32-,37-35-. The fraction of sp³-hybridized carbons (Fsp3) is 0.703. The molecule has 0 radical (unpaired) electrons. The third-order valence-corrected chi connectivity index (χ3v) is 12.3. The lowest BCUT2D eigenvalue weighted by Gasteiger charge is -2.25. The summed E-state index contributed by atoms with van der Waals surface area (Å²) in [5.74, 6) is -2.03. The molecule has 0 rings (SSSR count). The molecule has 0 aromatic heterocycles. The van der Waals surface area contributed by atoms with Crippen LogP contribution in [0.15, 0.2) is 97.2 Å². The highest BCUT2D eigenvalue weighted by Gasteiger charge is 2.25. The number of carboxylic acid groups (broad SMARTS) is 1. The lowest BCUT2D eigenvalue weighted by Crippen LogP contribution is -2.40. The quantitative estimate of drug-likeness (QED) is 0.0211. The van der Waals surface area contributed by atoms with Gasteiger partial charge in [-0.2, -0.15) is 0 Å². The number of hydrogen-bond donors (Lipinski definition) is 1. The zero-order valence-electron chi connectivity index (χ0n) is 47.5. The second-order valence-corrected chi connectivity index (χ2v) is 20.6. The largest absolute Gasteiger partial charge is 0.477 e. The summed E-state index contributed by atoms with van der Waals surface area (Å²) >= 11 is 0. The molecule has 9 heteroatoms. The van der Waals surface area contributed by atoms with Crippen LogP contribution in [0.2, 0.25) is 0 Å². The van der Waals surface area contributed by atoms with Crippen LogP contribution in [0.5, 0.6) is 0 Å². The number of aliphatic carboxylic acids is 1. The van der Waals surface area contributed by atoms with E-state index in [1.165, 1.54) is 109 Å². The second-order valence-electron chi connectivity index (χ2n) is 20.6. The van der Waals surface area contributed by atoms with Crippen LogP contribution in [0.4, 0.5) is 0 Å². The second kappa shape index (κ2) is 54.5. The van der Waals surface area contributed by atoms with E-state index in [2.05, 4.69) is 111 Å². The van der Waals surface area contributed by atoms with E-state index >= 15 is 0 Å². The lowest BCUT2D eigenvalue weighted by molar-refractivity contribution is -0.870. The molecule has 0 spiro atoms. The Morgan fingerprint density at radius 1 is 0.425 bits per heavy atom. The molecule has 0 amide bonds. The number of allylic oxidation sites excluding steroid dienone is 16. The van der Waals surface area contributed by atoms with Crippen LogP contribution in [0.25, 0.3) is 0 Å². The summed E-state index contributed by atoms with van der Waals surface area (Å²) in [6.45, 7) is 4.74. The van der Waals surface area contributed by atoms with Gasteiger partial charge >= 0.3 is 17.9 Å². The van der Waals surface area contributed by atoms with Gasteiger partial charge in [0, 0.05) is 12.8 Å². The summed E-state index contributed by atoms with van der Waals surface area (Å²) in [4.78, 5) is 37.4. The molecule has 0 saturated heterocycles. The van der Waals surface area contributed by atoms with Crippen molar-refractivity contribution in [3.63, 3.8) is 0 Å². The zero-order valence-corrected chi connectivity index (χ0v) is 47.5. The highest BCUT2D eigenvalue weighted by Crippen LogP contribution is 2.15. The maximum atomic E-state index is 12.9. The number of hydrogen-bond acceptors (Lipinski definition) is 7. The summed E-state index contributed by atoms with van der Waals surface area (Å²) in [6.07, 6.45) is 70.5. The number of likely N-dealkylation sites (N-methyl/N-ethyl adjacent to an activating group) is 1. The molecule has 0 aliphatic carbocycles. The molecule has 0 heterocycles. The van der Waals surface area contributed by atoms with Gasteiger partial charge in [0.05, 0.1) is 34.4 Å². The third-order valence-electron chi connectivity index (χ3n) is 12.3. The van der Waals surface area contributed by atoms with Gasteiger partial charge in [0.1, 0.15) is 13.2 Å². The number of unbranched alkanes of at least 4 members (excludes halogenated alkanes) is 22. The van der Waals surface area contributed by atoms with Gasteiger partial charge in [-0.15, -0.1) is 0 Å². The lowest BCUT2D eigenvalue weighted by atomic mass is 10.1. The van der Waals surface area contributed by atoms with Crippen molar-refractivity contribution in [2.24, 2.45) is 0 Å². The fourth-order valence-electron chi connectivity index (χ4n) is 7.81. The maximum Gasteiger partial charge on any atom is 0.361 e. The average molecular weight is 1020 g/mol.